The van der Waals surface area contributed by atoms with Crippen molar-refractivity contribution in [2.45, 2.75) is 19.4 Å². The molecule has 0 atom stereocenters. The van der Waals surface area contributed by atoms with Crippen molar-refractivity contribution in [3.8, 4) is 0 Å². The van der Waals surface area contributed by atoms with Gasteiger partial charge in [-0.1, -0.05) is 18.2 Å². The molecule has 3 aromatic rings. The molecule has 6 nitrogen and oxygen atoms in total. The molecule has 31 heavy (non-hydrogen) atoms. The number of likely N-dealkylation sites (tertiary alicyclic amines) is 1. The Morgan fingerprint density at radius 3 is 2.61 bits per heavy atom. The summed E-state index contributed by atoms with van der Waals surface area (Å²) in [4.78, 5) is 19.9. The molecule has 0 unspecified atom stereocenters. The van der Waals surface area contributed by atoms with Gasteiger partial charge in [-0.2, -0.15) is 0 Å². The highest BCUT2D eigenvalue weighted by molar-refractivity contribution is 6.37. The molecule has 2 aromatic carbocycles. The van der Waals surface area contributed by atoms with Gasteiger partial charge in [-0.15, -0.1) is 0 Å². The molecule has 5 rings (SSSR count). The Morgan fingerprint density at radius 2 is 1.87 bits per heavy atom. The van der Waals surface area contributed by atoms with Crippen LogP contribution in [0.1, 0.15) is 29.7 Å². The molecule has 0 saturated carbocycles. The normalized spacial score (nSPS) is 17.4. The number of benzene rings is 2. The second-order valence-electron chi connectivity index (χ2n) is 8.03. The van der Waals surface area contributed by atoms with Gasteiger partial charge >= 0.3 is 0 Å². The summed E-state index contributed by atoms with van der Waals surface area (Å²) in [5.74, 6) is -0.167. The fourth-order valence-electron chi connectivity index (χ4n) is 4.24. The van der Waals surface area contributed by atoms with Crippen molar-refractivity contribution in [3.63, 3.8) is 0 Å². The van der Waals surface area contributed by atoms with E-state index in [4.69, 9.17) is 5.73 Å². The number of carbonyl (C=O) groups excluding carboxylic acids is 1. The number of nitrogen functional groups attached to an aromatic ring is 1. The SMILES string of the molecule is Nc1ccc2c(c1)NC(=O)/C2=C(\Nc1ccc(CN2CCCC2)cc1)c1ccccn1. The van der Waals surface area contributed by atoms with E-state index in [2.05, 4.69) is 44.8 Å². The van der Waals surface area contributed by atoms with Crippen LogP contribution in [0.4, 0.5) is 17.1 Å². The molecule has 3 heterocycles. The van der Waals surface area contributed by atoms with Crippen LogP contribution >= 0.6 is 0 Å². The van der Waals surface area contributed by atoms with Crippen LogP contribution in [0.2, 0.25) is 0 Å². The summed E-state index contributed by atoms with van der Waals surface area (Å²) < 4.78 is 0. The van der Waals surface area contributed by atoms with Gasteiger partial charge in [0.05, 0.1) is 22.7 Å². The highest BCUT2D eigenvalue weighted by Crippen LogP contribution is 2.38. The van der Waals surface area contributed by atoms with Crippen LogP contribution < -0.4 is 16.4 Å². The molecule has 0 spiro atoms. The lowest BCUT2D eigenvalue weighted by Crippen LogP contribution is -2.18. The maximum atomic E-state index is 12.9. The first-order chi connectivity index (χ1) is 15.2. The van der Waals surface area contributed by atoms with E-state index in [9.17, 15) is 4.79 Å². The number of aromatic nitrogens is 1. The van der Waals surface area contributed by atoms with E-state index in [0.717, 1.165) is 23.5 Å². The summed E-state index contributed by atoms with van der Waals surface area (Å²) in [5, 5.41) is 6.38. The number of fused-ring (bicyclic) bond motifs is 1. The molecule has 0 radical (unpaired) electrons. The zero-order valence-corrected chi connectivity index (χ0v) is 17.3. The van der Waals surface area contributed by atoms with Gasteiger partial charge in [0.1, 0.15) is 0 Å². The van der Waals surface area contributed by atoms with E-state index in [1.807, 2.05) is 30.3 Å². The smallest absolute Gasteiger partial charge is 0.258 e. The van der Waals surface area contributed by atoms with Crippen molar-refractivity contribution >= 4 is 34.2 Å². The third kappa shape index (κ3) is 4.02. The molecule has 0 aliphatic carbocycles. The van der Waals surface area contributed by atoms with Gasteiger partial charge in [-0.3, -0.25) is 14.7 Å². The molecule has 1 saturated heterocycles. The highest BCUT2D eigenvalue weighted by atomic mass is 16.2. The van der Waals surface area contributed by atoms with Crippen molar-refractivity contribution in [1.29, 1.82) is 0 Å². The van der Waals surface area contributed by atoms with E-state index in [1.54, 1.807) is 12.3 Å². The Balaban J connectivity index is 1.50. The van der Waals surface area contributed by atoms with Gasteiger partial charge in [-0.05, 0) is 74.0 Å². The van der Waals surface area contributed by atoms with E-state index < -0.39 is 0 Å². The summed E-state index contributed by atoms with van der Waals surface area (Å²) >= 11 is 0. The summed E-state index contributed by atoms with van der Waals surface area (Å²) in [6.45, 7) is 3.33. The molecule has 4 N–H and O–H groups in total. The minimum atomic E-state index is -0.167. The number of rotatable bonds is 5. The molecule has 2 aliphatic heterocycles. The van der Waals surface area contributed by atoms with Crippen LogP contribution in [0, 0.1) is 0 Å². The highest BCUT2D eigenvalue weighted by Gasteiger charge is 2.29. The Hall–Kier alpha value is -3.64. The molecule has 156 valence electrons. The standard InChI is InChI=1S/C25H25N5O/c26-18-8-11-20-22(15-18)29-25(31)23(20)24(21-5-1-2-12-27-21)28-19-9-6-17(7-10-19)16-30-13-3-4-14-30/h1-2,5-12,15,28H,3-4,13-14,16,26H2,(H,29,31)/b24-23-. The molecule has 6 heteroatoms. The van der Waals surface area contributed by atoms with Gasteiger partial charge in [0.25, 0.3) is 5.91 Å². The van der Waals surface area contributed by atoms with Crippen LogP contribution in [-0.2, 0) is 11.3 Å². The molecule has 2 aliphatic rings. The minimum Gasteiger partial charge on any atom is -0.399 e. The Morgan fingerprint density at radius 1 is 1.06 bits per heavy atom. The summed E-state index contributed by atoms with van der Waals surface area (Å²) in [5.41, 5.74) is 12.2. The fraction of sp³-hybridized carbons (Fsp3) is 0.200. The molecule has 1 amide bonds. The number of carbonyl (C=O) groups is 1. The van der Waals surface area contributed by atoms with Gasteiger partial charge in [0, 0.05) is 29.7 Å². The summed E-state index contributed by atoms with van der Waals surface area (Å²) in [6.07, 6.45) is 4.30. The first-order valence-corrected chi connectivity index (χ1v) is 10.6. The number of nitrogens with two attached hydrogens (primary N) is 1. The number of amides is 1. The molecular formula is C25H25N5O. The number of hydrogen-bond donors (Lipinski definition) is 3. The van der Waals surface area contributed by atoms with Gasteiger partial charge in [0.2, 0.25) is 0 Å². The number of anilines is 3. The van der Waals surface area contributed by atoms with Crippen LogP contribution in [0.25, 0.3) is 11.3 Å². The lowest BCUT2D eigenvalue weighted by Gasteiger charge is -2.16. The topological polar surface area (TPSA) is 83.3 Å². The Kier molecular flexibility index (Phi) is 5.14. The first kappa shape index (κ1) is 19.3. The first-order valence-electron chi connectivity index (χ1n) is 10.6. The van der Waals surface area contributed by atoms with E-state index in [0.29, 0.717) is 22.7 Å². The summed E-state index contributed by atoms with van der Waals surface area (Å²) in [6, 6.07) is 19.6. The number of nitrogens with one attached hydrogen (secondary N) is 2. The van der Waals surface area contributed by atoms with Crippen LogP contribution in [0.5, 0.6) is 0 Å². The molecular weight excluding hydrogens is 386 g/mol. The maximum absolute atomic E-state index is 12.9. The number of nitrogens with zero attached hydrogens (tertiary/aromatic N) is 2. The van der Waals surface area contributed by atoms with E-state index in [1.165, 1.54) is 31.5 Å². The predicted molar refractivity (Wildman–Crippen MR) is 125 cm³/mol. The van der Waals surface area contributed by atoms with Gasteiger partial charge in [-0.25, -0.2) is 0 Å². The van der Waals surface area contributed by atoms with Crippen molar-refractivity contribution in [2.75, 3.05) is 29.5 Å². The number of hydrogen-bond acceptors (Lipinski definition) is 5. The second kappa shape index (κ2) is 8.24. The van der Waals surface area contributed by atoms with Crippen LogP contribution in [-0.4, -0.2) is 28.9 Å². The third-order valence-electron chi connectivity index (χ3n) is 5.79. The average molecular weight is 412 g/mol. The maximum Gasteiger partial charge on any atom is 0.258 e. The van der Waals surface area contributed by atoms with Gasteiger partial charge in [0.15, 0.2) is 0 Å². The van der Waals surface area contributed by atoms with Crippen molar-refractivity contribution in [3.05, 3.63) is 83.7 Å². The second-order valence-corrected chi connectivity index (χ2v) is 8.03. The lowest BCUT2D eigenvalue weighted by atomic mass is 10.0. The molecule has 0 bridgehead atoms. The third-order valence-corrected chi connectivity index (χ3v) is 5.79. The monoisotopic (exact) mass is 411 g/mol. The zero-order chi connectivity index (χ0) is 21.2. The van der Waals surface area contributed by atoms with E-state index in [-0.39, 0.29) is 5.91 Å². The average Bonchev–Trinajstić information content (AvgIpc) is 3.40. The van der Waals surface area contributed by atoms with Crippen molar-refractivity contribution < 1.29 is 4.79 Å². The quantitative estimate of drug-likeness (QED) is 0.433. The number of pyridine rings is 1. The largest absolute Gasteiger partial charge is 0.399 e. The van der Waals surface area contributed by atoms with Crippen molar-refractivity contribution in [2.24, 2.45) is 0 Å². The minimum absolute atomic E-state index is 0.167. The Bertz CT molecular complexity index is 1130. The molecule has 1 aromatic heterocycles. The van der Waals surface area contributed by atoms with Crippen LogP contribution in [0.3, 0.4) is 0 Å². The lowest BCUT2D eigenvalue weighted by molar-refractivity contribution is -0.110. The predicted octanol–water partition coefficient (Wildman–Crippen LogP) is 4.19. The van der Waals surface area contributed by atoms with E-state index >= 15 is 0 Å². The zero-order valence-electron chi connectivity index (χ0n) is 17.3. The van der Waals surface area contributed by atoms with Gasteiger partial charge < -0.3 is 16.4 Å². The summed E-state index contributed by atoms with van der Waals surface area (Å²) in [7, 11) is 0. The van der Waals surface area contributed by atoms with Crippen molar-refractivity contribution in [1.82, 2.24) is 9.88 Å². The fourth-order valence-corrected chi connectivity index (χ4v) is 4.24. The van der Waals surface area contributed by atoms with Crippen LogP contribution in [0.15, 0.2) is 66.9 Å². The molecule has 1 fully saturated rings. The Labute approximate surface area is 181 Å².